The molecule has 116 valence electrons. The molecule has 0 saturated carbocycles. The van der Waals surface area contributed by atoms with Gasteiger partial charge in [-0.2, -0.15) is 5.10 Å². The zero-order chi connectivity index (χ0) is 14.7. The number of aromatic nitrogens is 2. The third-order valence-corrected chi connectivity index (χ3v) is 4.34. The SMILES string of the molecule is CCCn1nccc1NC(=O)N1CCC[C@H]1[C@@H]1CCCO1. The number of carbonyl (C=O) groups is 1. The number of aryl methyl sites for hydroxylation is 1. The summed E-state index contributed by atoms with van der Waals surface area (Å²) in [7, 11) is 0. The summed E-state index contributed by atoms with van der Waals surface area (Å²) in [4.78, 5) is 14.5. The highest BCUT2D eigenvalue weighted by Crippen LogP contribution is 2.28. The molecule has 2 fully saturated rings. The lowest BCUT2D eigenvalue weighted by atomic mass is 10.1. The number of likely N-dealkylation sites (tertiary alicyclic amines) is 1. The number of rotatable bonds is 4. The van der Waals surface area contributed by atoms with Crippen LogP contribution in [-0.4, -0.2) is 46.0 Å². The molecule has 2 aliphatic heterocycles. The van der Waals surface area contributed by atoms with E-state index in [4.69, 9.17) is 4.74 Å². The van der Waals surface area contributed by atoms with Gasteiger partial charge in [-0.3, -0.25) is 5.32 Å². The number of nitrogens with one attached hydrogen (secondary N) is 1. The van der Waals surface area contributed by atoms with Crippen molar-refractivity contribution in [3.05, 3.63) is 12.3 Å². The molecule has 3 rings (SSSR count). The second kappa shape index (κ2) is 6.47. The Morgan fingerprint density at radius 3 is 3.14 bits per heavy atom. The predicted molar refractivity (Wildman–Crippen MR) is 80.2 cm³/mol. The van der Waals surface area contributed by atoms with Crippen LogP contribution in [0.25, 0.3) is 0 Å². The molecule has 0 aromatic carbocycles. The lowest BCUT2D eigenvalue weighted by molar-refractivity contribution is 0.0542. The van der Waals surface area contributed by atoms with Gasteiger partial charge < -0.3 is 9.64 Å². The molecule has 0 bridgehead atoms. The van der Waals surface area contributed by atoms with Gasteiger partial charge in [-0.25, -0.2) is 9.48 Å². The van der Waals surface area contributed by atoms with E-state index in [9.17, 15) is 4.79 Å². The van der Waals surface area contributed by atoms with Gasteiger partial charge in [-0.05, 0) is 32.1 Å². The van der Waals surface area contributed by atoms with Crippen LogP contribution in [0.4, 0.5) is 10.6 Å². The highest BCUT2D eigenvalue weighted by atomic mass is 16.5. The number of anilines is 1. The van der Waals surface area contributed by atoms with Gasteiger partial charge >= 0.3 is 6.03 Å². The summed E-state index contributed by atoms with van der Waals surface area (Å²) in [6.45, 7) is 4.57. The normalized spacial score (nSPS) is 25.5. The first kappa shape index (κ1) is 14.4. The van der Waals surface area contributed by atoms with Gasteiger partial charge in [-0.1, -0.05) is 6.92 Å². The standard InChI is InChI=1S/C15H24N4O2/c1-2-9-19-14(7-8-16-19)17-15(20)18-10-3-5-12(18)13-6-4-11-21-13/h7-8,12-13H,2-6,9-11H2,1H3,(H,17,20)/t12-,13-/m0/s1. The summed E-state index contributed by atoms with van der Waals surface area (Å²) in [6, 6.07) is 2.06. The maximum atomic E-state index is 12.6. The van der Waals surface area contributed by atoms with Crippen molar-refractivity contribution in [1.29, 1.82) is 0 Å². The summed E-state index contributed by atoms with van der Waals surface area (Å²) in [5.74, 6) is 0.778. The van der Waals surface area contributed by atoms with Crippen molar-refractivity contribution in [1.82, 2.24) is 14.7 Å². The van der Waals surface area contributed by atoms with Crippen molar-refractivity contribution in [3.8, 4) is 0 Å². The highest BCUT2D eigenvalue weighted by molar-refractivity contribution is 5.88. The molecule has 2 aliphatic rings. The largest absolute Gasteiger partial charge is 0.376 e. The fourth-order valence-electron chi connectivity index (χ4n) is 3.35. The second-order valence-corrected chi connectivity index (χ2v) is 5.82. The third kappa shape index (κ3) is 3.05. The van der Waals surface area contributed by atoms with E-state index in [0.29, 0.717) is 0 Å². The molecule has 0 aliphatic carbocycles. The van der Waals surface area contributed by atoms with E-state index in [2.05, 4.69) is 17.3 Å². The molecule has 0 radical (unpaired) electrons. The maximum Gasteiger partial charge on any atom is 0.323 e. The Balaban J connectivity index is 1.65. The Kier molecular flexibility index (Phi) is 4.43. The maximum absolute atomic E-state index is 12.6. The van der Waals surface area contributed by atoms with Crippen LogP contribution >= 0.6 is 0 Å². The number of carbonyl (C=O) groups excluding carboxylic acids is 1. The third-order valence-electron chi connectivity index (χ3n) is 4.34. The molecule has 2 amide bonds. The molecule has 2 saturated heterocycles. The molecule has 1 N–H and O–H groups in total. The molecule has 3 heterocycles. The molecule has 1 aromatic rings. The first-order chi connectivity index (χ1) is 10.3. The number of hydrogen-bond acceptors (Lipinski definition) is 3. The number of ether oxygens (including phenoxy) is 1. The molecule has 2 atom stereocenters. The smallest absolute Gasteiger partial charge is 0.323 e. The van der Waals surface area contributed by atoms with Crippen LogP contribution in [0.2, 0.25) is 0 Å². The van der Waals surface area contributed by atoms with Gasteiger partial charge in [0, 0.05) is 25.8 Å². The van der Waals surface area contributed by atoms with E-state index >= 15 is 0 Å². The minimum atomic E-state index is -0.0224. The fraction of sp³-hybridized carbons (Fsp3) is 0.733. The monoisotopic (exact) mass is 292 g/mol. The Bertz CT molecular complexity index is 482. The summed E-state index contributed by atoms with van der Waals surface area (Å²) < 4.78 is 7.62. The fourth-order valence-corrected chi connectivity index (χ4v) is 3.35. The summed E-state index contributed by atoms with van der Waals surface area (Å²) in [5.41, 5.74) is 0. The van der Waals surface area contributed by atoms with Crippen molar-refractivity contribution in [2.45, 2.75) is 57.7 Å². The molecule has 0 spiro atoms. The molecule has 6 nitrogen and oxygen atoms in total. The van der Waals surface area contributed by atoms with E-state index in [1.54, 1.807) is 6.20 Å². The highest BCUT2D eigenvalue weighted by Gasteiger charge is 2.37. The molecule has 21 heavy (non-hydrogen) atoms. The van der Waals surface area contributed by atoms with Crippen molar-refractivity contribution >= 4 is 11.8 Å². The Morgan fingerprint density at radius 1 is 1.48 bits per heavy atom. The lowest BCUT2D eigenvalue weighted by Gasteiger charge is -2.29. The second-order valence-electron chi connectivity index (χ2n) is 5.82. The quantitative estimate of drug-likeness (QED) is 0.927. The Hall–Kier alpha value is -1.56. The lowest BCUT2D eigenvalue weighted by Crippen LogP contribution is -2.44. The molecular weight excluding hydrogens is 268 g/mol. The van der Waals surface area contributed by atoms with E-state index in [-0.39, 0.29) is 18.2 Å². The van der Waals surface area contributed by atoms with Crippen LogP contribution < -0.4 is 5.32 Å². The number of nitrogens with zero attached hydrogens (tertiary/aromatic N) is 3. The first-order valence-electron chi connectivity index (χ1n) is 8.00. The summed E-state index contributed by atoms with van der Waals surface area (Å²) in [5, 5.41) is 7.24. The van der Waals surface area contributed by atoms with E-state index < -0.39 is 0 Å². The molecular formula is C15H24N4O2. The van der Waals surface area contributed by atoms with E-state index in [1.165, 1.54) is 0 Å². The van der Waals surface area contributed by atoms with Crippen LogP contribution in [0.5, 0.6) is 0 Å². The number of urea groups is 1. The van der Waals surface area contributed by atoms with Gasteiger partial charge in [0.25, 0.3) is 0 Å². The zero-order valence-electron chi connectivity index (χ0n) is 12.6. The molecule has 0 unspecified atom stereocenters. The van der Waals surface area contributed by atoms with Crippen molar-refractivity contribution < 1.29 is 9.53 Å². The molecule has 6 heteroatoms. The van der Waals surface area contributed by atoms with Crippen molar-refractivity contribution in [2.75, 3.05) is 18.5 Å². The summed E-state index contributed by atoms with van der Waals surface area (Å²) >= 11 is 0. The number of hydrogen-bond donors (Lipinski definition) is 1. The summed E-state index contributed by atoms with van der Waals surface area (Å²) in [6.07, 6.45) is 7.24. The molecule has 1 aromatic heterocycles. The van der Waals surface area contributed by atoms with Crippen LogP contribution in [0.3, 0.4) is 0 Å². The first-order valence-corrected chi connectivity index (χ1v) is 8.00. The van der Waals surface area contributed by atoms with Gasteiger partial charge in [0.1, 0.15) is 5.82 Å². The van der Waals surface area contributed by atoms with Gasteiger partial charge in [0.05, 0.1) is 18.3 Å². The van der Waals surface area contributed by atoms with Crippen LogP contribution in [0.15, 0.2) is 12.3 Å². The predicted octanol–water partition coefficient (Wildman–Crippen LogP) is 2.47. The van der Waals surface area contributed by atoms with E-state index in [1.807, 2.05) is 15.6 Å². The van der Waals surface area contributed by atoms with Crippen molar-refractivity contribution in [2.24, 2.45) is 0 Å². The van der Waals surface area contributed by atoms with Gasteiger partial charge in [0.2, 0.25) is 0 Å². The zero-order valence-corrected chi connectivity index (χ0v) is 12.6. The van der Waals surface area contributed by atoms with Crippen molar-refractivity contribution in [3.63, 3.8) is 0 Å². The topological polar surface area (TPSA) is 59.4 Å². The minimum Gasteiger partial charge on any atom is -0.376 e. The average molecular weight is 292 g/mol. The van der Waals surface area contributed by atoms with Crippen LogP contribution in [0, 0.1) is 0 Å². The van der Waals surface area contributed by atoms with E-state index in [0.717, 1.165) is 57.6 Å². The Morgan fingerprint density at radius 2 is 2.38 bits per heavy atom. The van der Waals surface area contributed by atoms with Gasteiger partial charge in [-0.15, -0.1) is 0 Å². The Labute approximate surface area is 125 Å². The van der Waals surface area contributed by atoms with Crippen LogP contribution in [0.1, 0.15) is 39.0 Å². The van der Waals surface area contributed by atoms with Gasteiger partial charge in [0.15, 0.2) is 0 Å². The average Bonchev–Trinajstić information content (AvgIpc) is 3.20. The minimum absolute atomic E-state index is 0.0224. The van der Waals surface area contributed by atoms with Crippen LogP contribution in [-0.2, 0) is 11.3 Å². The number of amides is 2.